The lowest BCUT2D eigenvalue weighted by atomic mass is 10.1. The highest BCUT2D eigenvalue weighted by molar-refractivity contribution is 5.91. The van der Waals surface area contributed by atoms with Crippen LogP contribution >= 0.6 is 0 Å². The molecule has 0 heterocycles. The minimum absolute atomic E-state index is 0.0338. The molecule has 0 amide bonds. The van der Waals surface area contributed by atoms with Crippen LogP contribution in [0.1, 0.15) is 25.0 Å². The van der Waals surface area contributed by atoms with E-state index in [1.807, 2.05) is 56.4 Å². The fraction of sp³-hybridized carbons (Fsp3) is 0.250. The molecule has 2 aromatic rings. The van der Waals surface area contributed by atoms with Crippen molar-refractivity contribution in [1.82, 2.24) is 4.90 Å². The first-order valence-corrected chi connectivity index (χ1v) is 7.69. The van der Waals surface area contributed by atoms with Crippen LogP contribution < -0.4 is 0 Å². The van der Waals surface area contributed by atoms with Crippen molar-refractivity contribution in [3.8, 4) is 0 Å². The molecule has 2 heteroatoms. The van der Waals surface area contributed by atoms with Gasteiger partial charge in [-0.1, -0.05) is 74.5 Å². The molecule has 0 fully saturated rings. The number of rotatable bonds is 7. The van der Waals surface area contributed by atoms with Crippen molar-refractivity contribution < 1.29 is 4.79 Å². The second-order valence-electron chi connectivity index (χ2n) is 5.75. The summed E-state index contributed by atoms with van der Waals surface area (Å²) < 4.78 is 0. The summed E-state index contributed by atoms with van der Waals surface area (Å²) in [6.45, 7) is 5.42. The molecule has 0 atom stereocenters. The van der Waals surface area contributed by atoms with Gasteiger partial charge in [-0.15, -0.1) is 0 Å². The molecule has 0 radical (unpaired) electrons. The average Bonchev–Trinajstić information content (AvgIpc) is 2.54. The van der Waals surface area contributed by atoms with Crippen molar-refractivity contribution in [3.05, 3.63) is 84.1 Å². The first-order chi connectivity index (χ1) is 10.6. The van der Waals surface area contributed by atoms with Crippen LogP contribution in [0.15, 0.2) is 72.9 Å². The molecule has 0 bridgehead atoms. The largest absolute Gasteiger partial charge is 0.369 e. The number of carbonyl (C=O) groups is 1. The van der Waals surface area contributed by atoms with Crippen molar-refractivity contribution in [1.29, 1.82) is 0 Å². The Hall–Kier alpha value is -2.35. The first-order valence-electron chi connectivity index (χ1n) is 7.69. The summed E-state index contributed by atoms with van der Waals surface area (Å²) in [5, 5.41) is 0. The molecular formula is C20H23NO. The van der Waals surface area contributed by atoms with Gasteiger partial charge in [-0.05, 0) is 17.2 Å². The fourth-order valence-corrected chi connectivity index (χ4v) is 2.17. The van der Waals surface area contributed by atoms with E-state index in [-0.39, 0.29) is 11.7 Å². The Bertz CT molecular complexity index is 561. The van der Waals surface area contributed by atoms with Gasteiger partial charge in [0.1, 0.15) is 0 Å². The van der Waals surface area contributed by atoms with Crippen LogP contribution in [0, 0.1) is 5.92 Å². The van der Waals surface area contributed by atoms with Crippen LogP contribution in [0.3, 0.4) is 0 Å². The smallest absolute Gasteiger partial charge is 0.159 e. The number of nitrogens with zero attached hydrogens (tertiary/aromatic N) is 1. The maximum atomic E-state index is 11.8. The number of carbonyl (C=O) groups excluding carboxylic acids is 1. The highest BCUT2D eigenvalue weighted by atomic mass is 16.1. The third-order valence-electron chi connectivity index (χ3n) is 3.48. The molecule has 0 unspecified atom stereocenters. The third kappa shape index (κ3) is 5.21. The van der Waals surface area contributed by atoms with E-state index >= 15 is 0 Å². The zero-order valence-corrected chi connectivity index (χ0v) is 13.3. The first kappa shape index (κ1) is 16.0. The topological polar surface area (TPSA) is 20.3 Å². The molecule has 0 aromatic heterocycles. The zero-order valence-electron chi connectivity index (χ0n) is 13.3. The molecular weight excluding hydrogens is 270 g/mol. The van der Waals surface area contributed by atoms with Crippen molar-refractivity contribution in [2.45, 2.75) is 26.9 Å². The molecule has 2 nitrogen and oxygen atoms in total. The number of hydrogen-bond acceptors (Lipinski definition) is 2. The third-order valence-corrected chi connectivity index (χ3v) is 3.48. The molecule has 0 saturated carbocycles. The van der Waals surface area contributed by atoms with E-state index in [2.05, 4.69) is 29.2 Å². The summed E-state index contributed by atoms with van der Waals surface area (Å²) >= 11 is 0. The molecule has 0 spiro atoms. The molecule has 0 N–H and O–H groups in total. The lowest BCUT2D eigenvalue weighted by Crippen LogP contribution is -2.17. The number of ketones is 1. The predicted octanol–water partition coefficient (Wildman–Crippen LogP) is 4.43. The van der Waals surface area contributed by atoms with Crippen LogP contribution in [0.5, 0.6) is 0 Å². The van der Waals surface area contributed by atoms with Gasteiger partial charge in [-0.2, -0.15) is 0 Å². The highest BCUT2D eigenvalue weighted by Gasteiger charge is 2.06. The van der Waals surface area contributed by atoms with Gasteiger partial charge in [0, 0.05) is 25.2 Å². The van der Waals surface area contributed by atoms with Gasteiger partial charge in [-0.3, -0.25) is 4.79 Å². The maximum absolute atomic E-state index is 11.8. The van der Waals surface area contributed by atoms with Gasteiger partial charge in [0.15, 0.2) is 5.78 Å². The molecule has 0 saturated heterocycles. The van der Waals surface area contributed by atoms with Gasteiger partial charge < -0.3 is 4.90 Å². The van der Waals surface area contributed by atoms with Crippen molar-refractivity contribution in [2.24, 2.45) is 5.92 Å². The summed E-state index contributed by atoms with van der Waals surface area (Å²) in [6.07, 6.45) is 3.61. The predicted molar refractivity (Wildman–Crippen MR) is 91.1 cm³/mol. The highest BCUT2D eigenvalue weighted by Crippen LogP contribution is 2.11. The van der Waals surface area contributed by atoms with E-state index in [1.54, 1.807) is 6.08 Å². The van der Waals surface area contributed by atoms with Crippen LogP contribution in [-0.4, -0.2) is 10.7 Å². The summed E-state index contributed by atoms with van der Waals surface area (Å²) in [5.74, 6) is 0.192. The summed E-state index contributed by atoms with van der Waals surface area (Å²) in [6, 6.07) is 20.6. The summed E-state index contributed by atoms with van der Waals surface area (Å²) in [7, 11) is 0. The van der Waals surface area contributed by atoms with Crippen LogP contribution in [-0.2, 0) is 17.9 Å². The second-order valence-corrected chi connectivity index (χ2v) is 5.75. The van der Waals surface area contributed by atoms with Crippen molar-refractivity contribution in [3.63, 3.8) is 0 Å². The van der Waals surface area contributed by atoms with Crippen LogP contribution in [0.2, 0.25) is 0 Å². The fourth-order valence-electron chi connectivity index (χ4n) is 2.17. The van der Waals surface area contributed by atoms with E-state index in [0.29, 0.717) is 0 Å². The molecule has 114 valence electrons. The summed E-state index contributed by atoms with van der Waals surface area (Å²) in [4.78, 5) is 14.0. The number of hydrogen-bond donors (Lipinski definition) is 0. The molecule has 0 aliphatic heterocycles. The Labute approximate surface area is 133 Å². The number of benzene rings is 2. The summed E-state index contributed by atoms with van der Waals surface area (Å²) in [5.41, 5.74) is 2.47. The molecule has 22 heavy (non-hydrogen) atoms. The second kappa shape index (κ2) is 8.18. The van der Waals surface area contributed by atoms with E-state index in [1.165, 1.54) is 11.1 Å². The van der Waals surface area contributed by atoms with Gasteiger partial charge in [0.25, 0.3) is 0 Å². The Morgan fingerprint density at radius 3 is 1.77 bits per heavy atom. The van der Waals surface area contributed by atoms with E-state index < -0.39 is 0 Å². The molecule has 2 aromatic carbocycles. The van der Waals surface area contributed by atoms with E-state index in [9.17, 15) is 4.79 Å². The lowest BCUT2D eigenvalue weighted by Gasteiger charge is -2.21. The monoisotopic (exact) mass is 293 g/mol. The SMILES string of the molecule is CC(C)C(=O)C=CN(Cc1ccccc1)Cc1ccccc1. The van der Waals surface area contributed by atoms with Gasteiger partial charge in [0.2, 0.25) is 0 Å². The molecule has 2 rings (SSSR count). The average molecular weight is 293 g/mol. The number of allylic oxidation sites excluding steroid dienone is 1. The Morgan fingerprint density at radius 2 is 1.36 bits per heavy atom. The minimum atomic E-state index is 0.0338. The lowest BCUT2D eigenvalue weighted by molar-refractivity contribution is -0.117. The Balaban J connectivity index is 2.11. The zero-order chi connectivity index (χ0) is 15.8. The van der Waals surface area contributed by atoms with Gasteiger partial charge in [0.05, 0.1) is 0 Å². The van der Waals surface area contributed by atoms with Crippen LogP contribution in [0.25, 0.3) is 0 Å². The van der Waals surface area contributed by atoms with Crippen LogP contribution in [0.4, 0.5) is 0 Å². The van der Waals surface area contributed by atoms with Crippen molar-refractivity contribution >= 4 is 5.78 Å². The maximum Gasteiger partial charge on any atom is 0.159 e. The standard InChI is InChI=1S/C20H23NO/c1-17(2)20(22)13-14-21(15-18-9-5-3-6-10-18)16-19-11-7-4-8-12-19/h3-14,17H,15-16H2,1-2H3. The van der Waals surface area contributed by atoms with E-state index in [0.717, 1.165) is 13.1 Å². The minimum Gasteiger partial charge on any atom is -0.369 e. The molecule has 0 aliphatic rings. The molecule has 0 aliphatic carbocycles. The Morgan fingerprint density at radius 1 is 0.909 bits per heavy atom. The van der Waals surface area contributed by atoms with E-state index in [4.69, 9.17) is 0 Å². The van der Waals surface area contributed by atoms with Crippen molar-refractivity contribution in [2.75, 3.05) is 0 Å². The normalized spacial score (nSPS) is 11.0. The quantitative estimate of drug-likeness (QED) is 0.704. The Kier molecular flexibility index (Phi) is 5.96. The van der Waals surface area contributed by atoms with Gasteiger partial charge >= 0.3 is 0 Å². The van der Waals surface area contributed by atoms with Gasteiger partial charge in [-0.25, -0.2) is 0 Å².